The fourth-order valence-electron chi connectivity index (χ4n) is 2.35. The number of carboxylic acid groups (broad SMARTS) is 1. The number of aliphatic hydroxyl groups is 1. The van der Waals surface area contributed by atoms with Gasteiger partial charge in [-0.2, -0.15) is 0 Å². The molecule has 2 aliphatic rings. The van der Waals surface area contributed by atoms with Gasteiger partial charge in [0.15, 0.2) is 0 Å². The van der Waals surface area contributed by atoms with E-state index >= 15 is 0 Å². The predicted octanol–water partition coefficient (Wildman–Crippen LogP) is 1.49. The molecule has 17 heavy (non-hydrogen) atoms. The van der Waals surface area contributed by atoms with Crippen LogP contribution in [0.5, 0.6) is 0 Å². The standard InChI is InChI=1S/C13H13NO3/c15-12(7-1-2-7)8-5-10-9(13(16)17)3-4-14-11(10)6-8/h3-4,6-7,12,15H,1-2,5H2,(H,16,17). The van der Waals surface area contributed by atoms with E-state index in [9.17, 15) is 9.90 Å². The Kier molecular flexibility index (Phi) is 2.26. The van der Waals surface area contributed by atoms with E-state index in [0.29, 0.717) is 23.6 Å². The number of aromatic carboxylic acids is 1. The molecular weight excluding hydrogens is 218 g/mol. The summed E-state index contributed by atoms with van der Waals surface area (Å²) in [7, 11) is 0. The lowest BCUT2D eigenvalue weighted by Gasteiger charge is -2.10. The number of rotatable bonds is 3. The molecule has 1 aromatic heterocycles. The first-order chi connectivity index (χ1) is 8.16. The fraction of sp³-hybridized carbons (Fsp3) is 0.385. The fourth-order valence-corrected chi connectivity index (χ4v) is 2.35. The Morgan fingerprint density at radius 3 is 2.88 bits per heavy atom. The molecule has 0 aliphatic heterocycles. The monoisotopic (exact) mass is 231 g/mol. The summed E-state index contributed by atoms with van der Waals surface area (Å²) in [6.45, 7) is 0. The van der Waals surface area contributed by atoms with Crippen molar-refractivity contribution in [2.75, 3.05) is 0 Å². The Hall–Kier alpha value is -1.68. The lowest BCUT2D eigenvalue weighted by molar-refractivity contribution is 0.0695. The minimum atomic E-state index is -0.931. The van der Waals surface area contributed by atoms with Crippen LogP contribution in [-0.4, -0.2) is 27.3 Å². The molecule has 0 aromatic carbocycles. The number of fused-ring (bicyclic) bond motifs is 1. The maximum Gasteiger partial charge on any atom is 0.336 e. The maximum absolute atomic E-state index is 11.1. The van der Waals surface area contributed by atoms with E-state index in [-0.39, 0.29) is 0 Å². The number of carboxylic acids is 1. The second-order valence-corrected chi connectivity index (χ2v) is 4.71. The third-order valence-corrected chi connectivity index (χ3v) is 3.47. The summed E-state index contributed by atoms with van der Waals surface area (Å²) in [5.74, 6) is -0.567. The Labute approximate surface area is 98.6 Å². The lowest BCUT2D eigenvalue weighted by atomic mass is 10.0. The zero-order valence-electron chi connectivity index (χ0n) is 9.26. The Morgan fingerprint density at radius 1 is 1.47 bits per heavy atom. The van der Waals surface area contributed by atoms with Gasteiger partial charge in [0.1, 0.15) is 0 Å². The summed E-state index contributed by atoms with van der Waals surface area (Å²) in [5, 5.41) is 19.1. The third-order valence-electron chi connectivity index (χ3n) is 3.47. The van der Waals surface area contributed by atoms with Gasteiger partial charge >= 0.3 is 5.97 Å². The summed E-state index contributed by atoms with van der Waals surface area (Å²) in [6.07, 6.45) is 5.56. The van der Waals surface area contributed by atoms with Crippen LogP contribution in [-0.2, 0) is 6.42 Å². The van der Waals surface area contributed by atoms with E-state index in [0.717, 1.165) is 24.0 Å². The number of hydrogen-bond acceptors (Lipinski definition) is 3. The molecule has 4 nitrogen and oxygen atoms in total. The first-order valence-electron chi connectivity index (χ1n) is 5.76. The van der Waals surface area contributed by atoms with Crippen LogP contribution in [0.15, 0.2) is 17.8 Å². The molecular formula is C13H13NO3. The number of aliphatic hydroxyl groups excluding tert-OH is 1. The molecule has 0 radical (unpaired) electrons. The van der Waals surface area contributed by atoms with Crippen molar-refractivity contribution in [2.24, 2.45) is 5.92 Å². The van der Waals surface area contributed by atoms with Gasteiger partial charge in [0.25, 0.3) is 0 Å². The van der Waals surface area contributed by atoms with Crippen LogP contribution in [0, 0.1) is 5.92 Å². The van der Waals surface area contributed by atoms with Gasteiger partial charge in [-0.05, 0) is 48.5 Å². The highest BCUT2D eigenvalue weighted by atomic mass is 16.4. The molecule has 1 aromatic rings. The second-order valence-electron chi connectivity index (χ2n) is 4.71. The van der Waals surface area contributed by atoms with Crippen molar-refractivity contribution in [3.63, 3.8) is 0 Å². The van der Waals surface area contributed by atoms with Crippen LogP contribution in [0.4, 0.5) is 0 Å². The van der Waals surface area contributed by atoms with Crippen molar-refractivity contribution in [1.29, 1.82) is 0 Å². The van der Waals surface area contributed by atoms with Crippen LogP contribution in [0.1, 0.15) is 34.5 Å². The van der Waals surface area contributed by atoms with Gasteiger partial charge in [0.05, 0.1) is 17.4 Å². The number of pyridine rings is 1. The molecule has 3 rings (SSSR count). The first kappa shape index (κ1) is 10.5. The third kappa shape index (κ3) is 1.74. The van der Waals surface area contributed by atoms with Gasteiger partial charge < -0.3 is 10.2 Å². The smallest absolute Gasteiger partial charge is 0.336 e. The molecule has 1 unspecified atom stereocenters. The van der Waals surface area contributed by atoms with Crippen LogP contribution < -0.4 is 0 Å². The number of nitrogens with zero attached hydrogens (tertiary/aromatic N) is 1. The van der Waals surface area contributed by atoms with Gasteiger partial charge in [0.2, 0.25) is 0 Å². The van der Waals surface area contributed by atoms with Gasteiger partial charge in [-0.15, -0.1) is 0 Å². The van der Waals surface area contributed by atoms with Crippen molar-refractivity contribution in [3.8, 4) is 0 Å². The highest BCUT2D eigenvalue weighted by Gasteiger charge is 2.34. The highest BCUT2D eigenvalue weighted by Crippen LogP contribution is 2.39. The van der Waals surface area contributed by atoms with E-state index in [2.05, 4.69) is 4.98 Å². The summed E-state index contributed by atoms with van der Waals surface area (Å²) in [4.78, 5) is 15.2. The quantitative estimate of drug-likeness (QED) is 0.826. The number of aromatic nitrogens is 1. The van der Waals surface area contributed by atoms with Crippen LogP contribution in [0.3, 0.4) is 0 Å². The topological polar surface area (TPSA) is 70.4 Å². The van der Waals surface area contributed by atoms with E-state index in [1.807, 2.05) is 6.08 Å². The Morgan fingerprint density at radius 2 is 2.24 bits per heavy atom. The zero-order valence-corrected chi connectivity index (χ0v) is 9.26. The van der Waals surface area contributed by atoms with E-state index < -0.39 is 12.1 Å². The zero-order chi connectivity index (χ0) is 12.0. The van der Waals surface area contributed by atoms with E-state index in [1.165, 1.54) is 12.3 Å². The summed E-state index contributed by atoms with van der Waals surface area (Å²) < 4.78 is 0. The summed E-state index contributed by atoms with van der Waals surface area (Å²) in [5.41, 5.74) is 2.63. The lowest BCUT2D eigenvalue weighted by Crippen LogP contribution is -2.13. The van der Waals surface area contributed by atoms with E-state index in [4.69, 9.17) is 5.11 Å². The number of hydrogen-bond donors (Lipinski definition) is 2. The van der Waals surface area contributed by atoms with Crippen molar-refractivity contribution < 1.29 is 15.0 Å². The molecule has 0 saturated heterocycles. The van der Waals surface area contributed by atoms with Crippen LogP contribution >= 0.6 is 0 Å². The van der Waals surface area contributed by atoms with E-state index in [1.54, 1.807) is 0 Å². The van der Waals surface area contributed by atoms with Crippen molar-refractivity contribution in [2.45, 2.75) is 25.4 Å². The number of carbonyl (C=O) groups is 1. The predicted molar refractivity (Wildman–Crippen MR) is 61.6 cm³/mol. The second kappa shape index (κ2) is 3.67. The Bertz CT molecular complexity index is 517. The highest BCUT2D eigenvalue weighted by molar-refractivity contribution is 5.91. The van der Waals surface area contributed by atoms with Gasteiger partial charge in [-0.3, -0.25) is 4.98 Å². The van der Waals surface area contributed by atoms with Crippen molar-refractivity contribution in [1.82, 2.24) is 4.98 Å². The molecule has 1 fully saturated rings. The average molecular weight is 231 g/mol. The maximum atomic E-state index is 11.1. The Balaban J connectivity index is 1.93. The minimum absolute atomic E-state index is 0.296. The molecule has 0 spiro atoms. The van der Waals surface area contributed by atoms with Crippen molar-refractivity contribution in [3.05, 3.63) is 34.7 Å². The average Bonchev–Trinajstić information content (AvgIpc) is 3.05. The molecule has 0 amide bonds. The summed E-state index contributed by atoms with van der Waals surface area (Å²) >= 11 is 0. The SMILES string of the molecule is O=C(O)c1ccnc2c1CC(C(O)C1CC1)=C2. The molecule has 4 heteroatoms. The first-order valence-corrected chi connectivity index (χ1v) is 5.76. The van der Waals surface area contributed by atoms with Crippen molar-refractivity contribution >= 4 is 12.0 Å². The van der Waals surface area contributed by atoms with Crippen LogP contribution in [0.2, 0.25) is 0 Å². The normalized spacial score (nSPS) is 19.7. The molecule has 0 bridgehead atoms. The van der Waals surface area contributed by atoms with Gasteiger partial charge in [0, 0.05) is 6.20 Å². The summed E-state index contributed by atoms with van der Waals surface area (Å²) in [6, 6.07) is 1.52. The molecule has 1 atom stereocenters. The van der Waals surface area contributed by atoms with Gasteiger partial charge in [-0.25, -0.2) is 4.79 Å². The molecule has 2 aliphatic carbocycles. The molecule has 1 saturated carbocycles. The molecule has 88 valence electrons. The largest absolute Gasteiger partial charge is 0.478 e. The van der Waals surface area contributed by atoms with Crippen LogP contribution in [0.25, 0.3) is 6.08 Å². The minimum Gasteiger partial charge on any atom is -0.478 e. The van der Waals surface area contributed by atoms with Gasteiger partial charge in [-0.1, -0.05) is 0 Å². The molecule has 1 heterocycles. The molecule has 2 N–H and O–H groups in total.